The molecule has 0 aliphatic carbocycles. The van der Waals surface area contributed by atoms with Crippen LogP contribution in [0.3, 0.4) is 0 Å². The monoisotopic (exact) mass is 362 g/mol. The molecule has 6 nitrogen and oxygen atoms in total. The van der Waals surface area contributed by atoms with E-state index in [1.54, 1.807) is 24.3 Å². The van der Waals surface area contributed by atoms with E-state index < -0.39 is 0 Å². The smallest absolute Gasteiger partial charge is 0.253 e. The van der Waals surface area contributed by atoms with Crippen LogP contribution in [-0.2, 0) is 4.79 Å². The van der Waals surface area contributed by atoms with Crippen molar-refractivity contribution in [3.05, 3.63) is 65.7 Å². The number of nitriles is 1. The van der Waals surface area contributed by atoms with Crippen molar-refractivity contribution < 1.29 is 9.59 Å². The van der Waals surface area contributed by atoms with Crippen molar-refractivity contribution in [1.29, 1.82) is 5.26 Å². The molecular formula is C21H22N4O2. The number of hydrogen-bond acceptors (Lipinski definition) is 4. The van der Waals surface area contributed by atoms with Crippen molar-refractivity contribution in [3.8, 4) is 6.07 Å². The van der Waals surface area contributed by atoms with Crippen LogP contribution in [-0.4, -0.2) is 53.8 Å². The fourth-order valence-electron chi connectivity index (χ4n) is 3.17. The van der Waals surface area contributed by atoms with E-state index in [0.29, 0.717) is 43.0 Å². The van der Waals surface area contributed by atoms with E-state index in [4.69, 9.17) is 5.26 Å². The van der Waals surface area contributed by atoms with Gasteiger partial charge in [0.2, 0.25) is 5.91 Å². The third-order valence-corrected chi connectivity index (χ3v) is 4.85. The molecule has 0 aromatic heterocycles. The van der Waals surface area contributed by atoms with Crippen LogP contribution >= 0.6 is 0 Å². The second kappa shape index (κ2) is 8.47. The standard InChI is InChI=1S/C21H22N4O2/c1-16(20(26)23-19-10-6-5-9-18(19)15-22)24-11-13-25(14-12-24)21(27)17-7-3-2-4-8-17/h2-10,16H,11-14H2,1H3,(H,23,26)/t16-/m1/s1. The zero-order chi connectivity index (χ0) is 19.2. The Hall–Kier alpha value is -3.17. The molecule has 0 bridgehead atoms. The minimum Gasteiger partial charge on any atom is -0.336 e. The highest BCUT2D eigenvalue weighted by atomic mass is 16.2. The van der Waals surface area contributed by atoms with Gasteiger partial charge in [0.05, 0.1) is 17.3 Å². The number of carbonyl (C=O) groups excluding carboxylic acids is 2. The van der Waals surface area contributed by atoms with Gasteiger partial charge in [-0.3, -0.25) is 14.5 Å². The molecule has 1 heterocycles. The fourth-order valence-corrected chi connectivity index (χ4v) is 3.17. The quantitative estimate of drug-likeness (QED) is 0.906. The first-order valence-electron chi connectivity index (χ1n) is 8.98. The minimum absolute atomic E-state index is 0.0234. The molecule has 27 heavy (non-hydrogen) atoms. The van der Waals surface area contributed by atoms with Crippen molar-refractivity contribution in [2.45, 2.75) is 13.0 Å². The third-order valence-electron chi connectivity index (χ3n) is 4.85. The molecule has 1 atom stereocenters. The molecule has 3 rings (SSSR count). The molecule has 1 fully saturated rings. The summed E-state index contributed by atoms with van der Waals surface area (Å²) in [5.41, 5.74) is 1.65. The Morgan fingerprint density at radius 1 is 1.00 bits per heavy atom. The summed E-state index contributed by atoms with van der Waals surface area (Å²) in [6.45, 7) is 4.28. The maximum atomic E-state index is 12.6. The van der Waals surface area contributed by atoms with Gasteiger partial charge < -0.3 is 10.2 Å². The number of hydrogen-bond donors (Lipinski definition) is 1. The molecule has 1 aliphatic heterocycles. The van der Waals surface area contributed by atoms with Gasteiger partial charge in [-0.25, -0.2) is 0 Å². The molecule has 2 aromatic carbocycles. The number of nitrogens with one attached hydrogen (secondary N) is 1. The molecule has 1 aliphatic rings. The highest BCUT2D eigenvalue weighted by Gasteiger charge is 2.28. The SMILES string of the molecule is C[C@H](C(=O)Nc1ccccc1C#N)N1CCN(C(=O)c2ccccc2)CC1. The lowest BCUT2D eigenvalue weighted by atomic mass is 10.1. The van der Waals surface area contributed by atoms with Gasteiger partial charge in [0.25, 0.3) is 5.91 Å². The van der Waals surface area contributed by atoms with Crippen molar-refractivity contribution in [1.82, 2.24) is 9.80 Å². The van der Waals surface area contributed by atoms with Gasteiger partial charge in [-0.15, -0.1) is 0 Å². The van der Waals surface area contributed by atoms with E-state index in [0.717, 1.165) is 0 Å². The van der Waals surface area contributed by atoms with Crippen molar-refractivity contribution in [2.24, 2.45) is 0 Å². The third kappa shape index (κ3) is 4.33. The lowest BCUT2D eigenvalue weighted by Crippen LogP contribution is -2.54. The summed E-state index contributed by atoms with van der Waals surface area (Å²) >= 11 is 0. The molecule has 138 valence electrons. The Morgan fingerprint density at radius 2 is 1.63 bits per heavy atom. The lowest BCUT2D eigenvalue weighted by Gasteiger charge is -2.37. The second-order valence-electron chi connectivity index (χ2n) is 6.52. The molecule has 0 radical (unpaired) electrons. The van der Waals surface area contributed by atoms with Crippen molar-refractivity contribution in [3.63, 3.8) is 0 Å². The van der Waals surface area contributed by atoms with E-state index in [-0.39, 0.29) is 17.9 Å². The Morgan fingerprint density at radius 3 is 2.30 bits per heavy atom. The summed E-state index contributed by atoms with van der Waals surface area (Å²) in [5.74, 6) is -0.129. The average Bonchev–Trinajstić information content (AvgIpc) is 2.73. The molecule has 0 saturated carbocycles. The zero-order valence-electron chi connectivity index (χ0n) is 15.3. The maximum Gasteiger partial charge on any atom is 0.253 e. The summed E-state index contributed by atoms with van der Waals surface area (Å²) in [6.07, 6.45) is 0. The number of benzene rings is 2. The summed E-state index contributed by atoms with van der Waals surface area (Å²) in [5, 5.41) is 12.0. The number of anilines is 1. The predicted octanol–water partition coefficient (Wildman–Crippen LogP) is 2.34. The van der Waals surface area contributed by atoms with Crippen molar-refractivity contribution >= 4 is 17.5 Å². The van der Waals surface area contributed by atoms with Crippen LogP contribution in [0.1, 0.15) is 22.8 Å². The Bertz CT molecular complexity index is 852. The Balaban J connectivity index is 1.56. The first-order chi connectivity index (χ1) is 13.1. The first-order valence-corrected chi connectivity index (χ1v) is 8.98. The molecule has 0 unspecified atom stereocenters. The molecule has 1 N–H and O–H groups in total. The first kappa shape index (κ1) is 18.6. The number of carbonyl (C=O) groups is 2. The number of rotatable bonds is 4. The van der Waals surface area contributed by atoms with Crippen LogP contribution in [0.5, 0.6) is 0 Å². The van der Waals surface area contributed by atoms with Gasteiger partial charge in [-0.2, -0.15) is 5.26 Å². The van der Waals surface area contributed by atoms with E-state index >= 15 is 0 Å². The van der Waals surface area contributed by atoms with Crippen LogP contribution in [0.2, 0.25) is 0 Å². The largest absolute Gasteiger partial charge is 0.336 e. The molecule has 6 heteroatoms. The second-order valence-corrected chi connectivity index (χ2v) is 6.52. The van der Waals surface area contributed by atoms with Gasteiger partial charge in [0, 0.05) is 31.7 Å². The predicted molar refractivity (Wildman–Crippen MR) is 103 cm³/mol. The molecule has 1 saturated heterocycles. The topological polar surface area (TPSA) is 76.4 Å². The van der Waals surface area contributed by atoms with Crippen molar-refractivity contribution in [2.75, 3.05) is 31.5 Å². The number of amides is 2. The average molecular weight is 362 g/mol. The maximum absolute atomic E-state index is 12.6. The summed E-state index contributed by atoms with van der Waals surface area (Å²) in [7, 11) is 0. The number of para-hydroxylation sites is 1. The van der Waals surface area contributed by atoms with Crippen LogP contribution in [0, 0.1) is 11.3 Å². The van der Waals surface area contributed by atoms with Gasteiger partial charge in [-0.05, 0) is 31.2 Å². The van der Waals surface area contributed by atoms with Gasteiger partial charge >= 0.3 is 0 Å². The minimum atomic E-state index is -0.342. The highest BCUT2D eigenvalue weighted by molar-refractivity contribution is 5.96. The zero-order valence-corrected chi connectivity index (χ0v) is 15.3. The Labute approximate surface area is 159 Å². The van der Waals surface area contributed by atoms with Gasteiger partial charge in [-0.1, -0.05) is 30.3 Å². The summed E-state index contributed by atoms with van der Waals surface area (Å²) in [6, 6.07) is 17.9. The fraction of sp³-hybridized carbons (Fsp3) is 0.286. The van der Waals surface area contributed by atoms with E-state index in [1.165, 1.54) is 0 Å². The Kier molecular flexibility index (Phi) is 5.84. The van der Waals surface area contributed by atoms with Gasteiger partial charge in [0.1, 0.15) is 6.07 Å². The van der Waals surface area contributed by atoms with Gasteiger partial charge in [0.15, 0.2) is 0 Å². The van der Waals surface area contributed by atoms with E-state index in [9.17, 15) is 9.59 Å². The normalized spacial score (nSPS) is 15.6. The molecule has 2 amide bonds. The van der Waals surface area contributed by atoms with Crippen LogP contribution in [0.25, 0.3) is 0 Å². The van der Waals surface area contributed by atoms with E-state index in [2.05, 4.69) is 16.3 Å². The summed E-state index contributed by atoms with van der Waals surface area (Å²) < 4.78 is 0. The van der Waals surface area contributed by atoms with Crippen LogP contribution in [0.4, 0.5) is 5.69 Å². The lowest BCUT2D eigenvalue weighted by molar-refractivity contribution is -0.121. The van der Waals surface area contributed by atoms with E-state index in [1.807, 2.05) is 42.2 Å². The molecule has 0 spiro atoms. The van der Waals surface area contributed by atoms with Crippen LogP contribution in [0.15, 0.2) is 54.6 Å². The number of piperazine rings is 1. The number of nitrogens with zero attached hydrogens (tertiary/aromatic N) is 3. The highest BCUT2D eigenvalue weighted by Crippen LogP contribution is 2.16. The molecular weight excluding hydrogens is 340 g/mol. The van der Waals surface area contributed by atoms with Crippen LogP contribution < -0.4 is 5.32 Å². The summed E-state index contributed by atoms with van der Waals surface area (Å²) in [4.78, 5) is 29.0. The molecule has 2 aromatic rings.